The highest BCUT2D eigenvalue weighted by molar-refractivity contribution is 7.05. The fraction of sp³-hybridized carbons (Fsp3) is 0.867. The second-order valence-corrected chi connectivity index (χ2v) is 8.34. The minimum atomic E-state index is 0.0172. The van der Waals surface area contributed by atoms with E-state index in [0.29, 0.717) is 5.92 Å². The summed E-state index contributed by atoms with van der Waals surface area (Å²) in [7, 11) is 0. The molecule has 0 aromatic carbocycles. The van der Waals surface area contributed by atoms with Crippen molar-refractivity contribution >= 4 is 11.5 Å². The topological polar surface area (TPSA) is 63.8 Å². The molecule has 1 aliphatic carbocycles. The van der Waals surface area contributed by atoms with Crippen LogP contribution in [-0.2, 0) is 5.41 Å². The molecule has 1 aromatic rings. The Morgan fingerprint density at radius 2 is 1.80 bits per heavy atom. The van der Waals surface area contributed by atoms with Crippen molar-refractivity contribution in [3.63, 3.8) is 0 Å². The summed E-state index contributed by atoms with van der Waals surface area (Å²) in [4.78, 5) is 1.23. The number of nitrogens with two attached hydrogens (primary N) is 1. The summed E-state index contributed by atoms with van der Waals surface area (Å²) < 4.78 is 4.19. The van der Waals surface area contributed by atoms with Gasteiger partial charge in [-0.25, -0.2) is 0 Å². The monoisotopic (exact) mass is 296 g/mol. The zero-order valence-electron chi connectivity index (χ0n) is 13.3. The van der Waals surface area contributed by atoms with Gasteiger partial charge in [-0.05, 0) is 48.5 Å². The van der Waals surface area contributed by atoms with E-state index in [1.807, 2.05) is 0 Å². The third kappa shape index (κ3) is 3.38. The van der Waals surface area contributed by atoms with Gasteiger partial charge in [0.05, 0.1) is 16.6 Å². The van der Waals surface area contributed by atoms with E-state index >= 15 is 0 Å². The number of nitrogens with zero attached hydrogens (tertiary/aromatic N) is 2. The van der Waals surface area contributed by atoms with Crippen LogP contribution in [0.4, 0.5) is 0 Å². The lowest BCUT2D eigenvalue weighted by molar-refractivity contribution is 0.177. The van der Waals surface area contributed by atoms with Gasteiger partial charge in [0.15, 0.2) is 0 Å². The van der Waals surface area contributed by atoms with Crippen LogP contribution in [0.3, 0.4) is 0 Å². The van der Waals surface area contributed by atoms with Gasteiger partial charge < -0.3 is 0 Å². The Labute approximate surface area is 126 Å². The SMILES string of the molecule is CC1CC(C)CC(C(NN)c2snnc2C(C)(C)C)C1. The molecule has 0 bridgehead atoms. The van der Waals surface area contributed by atoms with E-state index in [1.165, 1.54) is 35.7 Å². The van der Waals surface area contributed by atoms with Gasteiger partial charge in [0.2, 0.25) is 0 Å². The molecule has 0 aliphatic heterocycles. The maximum Gasteiger partial charge on any atom is 0.0857 e. The first-order valence-electron chi connectivity index (χ1n) is 7.61. The molecule has 5 heteroatoms. The second kappa shape index (κ2) is 6.08. The van der Waals surface area contributed by atoms with E-state index in [2.05, 4.69) is 49.6 Å². The zero-order chi connectivity index (χ0) is 14.9. The van der Waals surface area contributed by atoms with E-state index in [1.54, 1.807) is 0 Å². The minimum Gasteiger partial charge on any atom is -0.271 e. The Kier molecular flexibility index (Phi) is 4.82. The molecule has 3 atom stereocenters. The lowest BCUT2D eigenvalue weighted by Gasteiger charge is -2.36. The van der Waals surface area contributed by atoms with Crippen molar-refractivity contribution < 1.29 is 0 Å². The van der Waals surface area contributed by atoms with Crippen molar-refractivity contribution in [1.82, 2.24) is 15.0 Å². The third-order valence-corrected chi connectivity index (χ3v) is 5.18. The Morgan fingerprint density at radius 1 is 1.20 bits per heavy atom. The lowest BCUT2D eigenvalue weighted by atomic mass is 9.73. The van der Waals surface area contributed by atoms with Gasteiger partial charge in [0, 0.05) is 5.41 Å². The van der Waals surface area contributed by atoms with Gasteiger partial charge in [-0.2, -0.15) is 0 Å². The molecular formula is C15H28N4S. The molecule has 3 N–H and O–H groups in total. The second-order valence-electron chi connectivity index (χ2n) is 7.56. The highest BCUT2D eigenvalue weighted by Gasteiger charge is 2.35. The summed E-state index contributed by atoms with van der Waals surface area (Å²) in [5.41, 5.74) is 4.17. The van der Waals surface area contributed by atoms with Crippen LogP contribution < -0.4 is 11.3 Å². The van der Waals surface area contributed by atoms with Crippen molar-refractivity contribution in [2.45, 2.75) is 65.3 Å². The average Bonchev–Trinajstić information content (AvgIpc) is 2.77. The van der Waals surface area contributed by atoms with Gasteiger partial charge in [-0.3, -0.25) is 11.3 Å². The van der Waals surface area contributed by atoms with E-state index in [-0.39, 0.29) is 11.5 Å². The molecule has 20 heavy (non-hydrogen) atoms. The maximum atomic E-state index is 5.90. The number of rotatable bonds is 3. The van der Waals surface area contributed by atoms with Crippen LogP contribution in [0.5, 0.6) is 0 Å². The molecule has 3 unspecified atom stereocenters. The summed E-state index contributed by atoms with van der Waals surface area (Å²) in [6, 6.07) is 0.189. The Morgan fingerprint density at radius 3 is 2.30 bits per heavy atom. The Bertz CT molecular complexity index is 427. The van der Waals surface area contributed by atoms with Gasteiger partial charge >= 0.3 is 0 Å². The third-order valence-electron chi connectivity index (χ3n) is 4.37. The summed E-state index contributed by atoms with van der Waals surface area (Å²) in [6.07, 6.45) is 3.81. The first-order chi connectivity index (χ1) is 9.32. The zero-order valence-corrected chi connectivity index (χ0v) is 14.1. The van der Waals surface area contributed by atoms with Gasteiger partial charge in [-0.15, -0.1) is 5.10 Å². The van der Waals surface area contributed by atoms with Crippen LogP contribution in [0.2, 0.25) is 0 Å². The number of nitrogens with one attached hydrogen (secondary N) is 1. The molecule has 0 amide bonds. The van der Waals surface area contributed by atoms with Crippen LogP contribution in [-0.4, -0.2) is 9.59 Å². The fourth-order valence-electron chi connectivity index (χ4n) is 3.63. The van der Waals surface area contributed by atoms with E-state index < -0.39 is 0 Å². The Balaban J connectivity index is 2.26. The molecule has 4 nitrogen and oxygen atoms in total. The van der Waals surface area contributed by atoms with Crippen LogP contribution in [0.1, 0.15) is 70.5 Å². The van der Waals surface area contributed by atoms with Crippen LogP contribution in [0.15, 0.2) is 0 Å². The van der Waals surface area contributed by atoms with Crippen LogP contribution in [0, 0.1) is 17.8 Å². The van der Waals surface area contributed by atoms with Crippen molar-refractivity contribution in [2.24, 2.45) is 23.6 Å². The normalized spacial score (nSPS) is 29.4. The molecule has 1 fully saturated rings. The predicted octanol–water partition coefficient (Wildman–Crippen LogP) is 3.41. The highest BCUT2D eigenvalue weighted by atomic mass is 32.1. The van der Waals surface area contributed by atoms with Crippen LogP contribution in [0.25, 0.3) is 0 Å². The van der Waals surface area contributed by atoms with Crippen molar-refractivity contribution in [3.05, 3.63) is 10.6 Å². The lowest BCUT2D eigenvalue weighted by Crippen LogP contribution is -2.37. The largest absolute Gasteiger partial charge is 0.271 e. The van der Waals surface area contributed by atoms with Crippen molar-refractivity contribution in [1.29, 1.82) is 0 Å². The summed E-state index contributed by atoms with van der Waals surface area (Å²) >= 11 is 1.50. The molecule has 1 saturated carbocycles. The average molecular weight is 296 g/mol. The molecule has 1 aliphatic rings. The van der Waals surface area contributed by atoms with Gasteiger partial charge in [0.25, 0.3) is 0 Å². The van der Waals surface area contributed by atoms with E-state index in [0.717, 1.165) is 17.5 Å². The first-order valence-corrected chi connectivity index (χ1v) is 8.39. The number of aromatic nitrogens is 2. The van der Waals surface area contributed by atoms with Gasteiger partial charge in [-0.1, -0.05) is 39.1 Å². The Hall–Kier alpha value is -0.520. The standard InChI is InChI=1S/C15H28N4S/c1-9-6-10(2)8-11(7-9)12(17-16)13-14(15(3,4)5)18-19-20-13/h9-12,17H,6-8,16H2,1-5H3. The number of hydrazine groups is 1. The fourth-order valence-corrected chi connectivity index (χ4v) is 4.65. The molecule has 0 radical (unpaired) electrons. The summed E-state index contributed by atoms with van der Waals surface area (Å²) in [6.45, 7) is 11.3. The summed E-state index contributed by atoms with van der Waals surface area (Å²) in [5, 5.41) is 4.36. The quantitative estimate of drug-likeness (QED) is 0.663. The van der Waals surface area contributed by atoms with E-state index in [4.69, 9.17) is 5.84 Å². The maximum absolute atomic E-state index is 5.90. The molecule has 1 aromatic heterocycles. The first kappa shape index (κ1) is 15.9. The number of hydrogen-bond donors (Lipinski definition) is 2. The molecule has 0 spiro atoms. The smallest absolute Gasteiger partial charge is 0.0857 e. The van der Waals surface area contributed by atoms with Crippen LogP contribution >= 0.6 is 11.5 Å². The minimum absolute atomic E-state index is 0.0172. The molecular weight excluding hydrogens is 268 g/mol. The predicted molar refractivity (Wildman–Crippen MR) is 84.3 cm³/mol. The summed E-state index contributed by atoms with van der Waals surface area (Å²) in [5.74, 6) is 8.04. The molecule has 1 heterocycles. The van der Waals surface area contributed by atoms with Gasteiger partial charge in [0.1, 0.15) is 0 Å². The highest BCUT2D eigenvalue weighted by Crippen LogP contribution is 2.42. The molecule has 0 saturated heterocycles. The number of hydrogen-bond acceptors (Lipinski definition) is 5. The molecule has 2 rings (SSSR count). The van der Waals surface area contributed by atoms with E-state index in [9.17, 15) is 0 Å². The van der Waals surface area contributed by atoms with Crippen molar-refractivity contribution in [3.8, 4) is 0 Å². The molecule has 114 valence electrons. The van der Waals surface area contributed by atoms with Crippen molar-refractivity contribution in [2.75, 3.05) is 0 Å².